The molecule has 5 heteroatoms. The molecule has 0 aliphatic carbocycles. The molecule has 1 aromatic rings. The lowest BCUT2D eigenvalue weighted by Gasteiger charge is -2.27. The zero-order valence-electron chi connectivity index (χ0n) is 10.3. The van der Waals surface area contributed by atoms with E-state index in [-0.39, 0.29) is 0 Å². The van der Waals surface area contributed by atoms with Gasteiger partial charge in [0.15, 0.2) is 0 Å². The normalized spacial score (nSPS) is 12.8. The Morgan fingerprint density at radius 1 is 1.06 bits per heavy atom. The quantitative estimate of drug-likeness (QED) is 0.754. The van der Waals surface area contributed by atoms with E-state index in [0.29, 0.717) is 0 Å². The molecule has 0 fully saturated rings. The summed E-state index contributed by atoms with van der Waals surface area (Å²) in [5, 5.41) is 0.929. The van der Waals surface area contributed by atoms with Crippen LogP contribution in [0.1, 0.15) is 19.4 Å². The zero-order chi connectivity index (χ0) is 13.1. The molecule has 0 spiro atoms. The van der Waals surface area contributed by atoms with E-state index in [1.165, 1.54) is 0 Å². The van der Waals surface area contributed by atoms with Crippen molar-refractivity contribution >= 4 is 13.5 Å². The molecule has 0 aromatic heterocycles. The molecule has 0 heterocycles. The van der Waals surface area contributed by atoms with E-state index in [0.717, 1.165) is 29.4 Å². The topological polar surface area (TPSA) is 9.23 Å². The summed E-state index contributed by atoms with van der Waals surface area (Å²) in [6.07, 6.45) is -4.27. The average molecular weight is 262 g/mol. The Morgan fingerprint density at radius 2 is 1.53 bits per heavy atom. The van der Waals surface area contributed by atoms with Gasteiger partial charge in [-0.1, -0.05) is 38.1 Å². The lowest BCUT2D eigenvalue weighted by Crippen LogP contribution is -2.48. The number of hydrogen-bond donors (Lipinski definition) is 0. The SMILES string of the molecule is CC[Si](CC)(OC)c1ccc(C(F)(F)F)cc1. The van der Waals surface area contributed by atoms with E-state index in [4.69, 9.17) is 4.43 Å². The largest absolute Gasteiger partial charge is 0.416 e. The molecule has 0 bridgehead atoms. The molecule has 0 atom stereocenters. The van der Waals surface area contributed by atoms with Gasteiger partial charge in [-0.05, 0) is 17.3 Å². The molecular formula is C12H17F3OSi. The van der Waals surface area contributed by atoms with Crippen LogP contribution in [0.2, 0.25) is 12.1 Å². The Morgan fingerprint density at radius 3 is 1.82 bits per heavy atom. The minimum Gasteiger partial charge on any atom is -0.416 e. The molecule has 0 amide bonds. The van der Waals surface area contributed by atoms with Crippen LogP contribution in [0.4, 0.5) is 13.2 Å². The molecule has 1 aromatic carbocycles. The third-order valence-corrected chi connectivity index (χ3v) is 7.72. The van der Waals surface area contributed by atoms with Gasteiger partial charge in [0.05, 0.1) is 5.56 Å². The molecule has 96 valence electrons. The van der Waals surface area contributed by atoms with Crippen molar-refractivity contribution in [3.63, 3.8) is 0 Å². The van der Waals surface area contributed by atoms with E-state index >= 15 is 0 Å². The number of benzene rings is 1. The first-order chi connectivity index (χ1) is 7.89. The summed E-state index contributed by atoms with van der Waals surface area (Å²) in [4.78, 5) is 0. The second kappa shape index (κ2) is 5.22. The maximum Gasteiger partial charge on any atom is 0.416 e. The van der Waals surface area contributed by atoms with Crippen LogP contribution in [-0.4, -0.2) is 15.4 Å². The number of rotatable bonds is 4. The summed E-state index contributed by atoms with van der Waals surface area (Å²) in [7, 11) is -0.393. The lowest BCUT2D eigenvalue weighted by molar-refractivity contribution is -0.137. The van der Waals surface area contributed by atoms with Gasteiger partial charge in [-0.2, -0.15) is 13.2 Å². The predicted molar refractivity (Wildman–Crippen MR) is 64.8 cm³/mol. The molecule has 0 unspecified atom stereocenters. The summed E-state index contributed by atoms with van der Waals surface area (Å²) in [5.74, 6) is 0. The van der Waals surface area contributed by atoms with Gasteiger partial charge >= 0.3 is 6.18 Å². The van der Waals surface area contributed by atoms with E-state index in [1.807, 2.05) is 13.8 Å². The molecule has 1 nitrogen and oxygen atoms in total. The number of hydrogen-bond acceptors (Lipinski definition) is 1. The highest BCUT2D eigenvalue weighted by Gasteiger charge is 2.34. The molecule has 0 saturated carbocycles. The fraction of sp³-hybridized carbons (Fsp3) is 0.500. The molecule has 0 aliphatic rings. The summed E-state index contributed by atoms with van der Waals surface area (Å²) in [6.45, 7) is 4.05. The summed E-state index contributed by atoms with van der Waals surface area (Å²) in [6, 6.07) is 7.14. The Kier molecular flexibility index (Phi) is 4.38. The number of halogens is 3. The minimum atomic E-state index is -4.27. The van der Waals surface area contributed by atoms with Crippen LogP contribution in [0, 0.1) is 0 Å². The third-order valence-electron chi connectivity index (χ3n) is 3.27. The molecular weight excluding hydrogens is 245 g/mol. The Labute approximate surface area is 101 Å². The second-order valence-corrected chi connectivity index (χ2v) is 8.37. The Balaban J connectivity index is 3.09. The van der Waals surface area contributed by atoms with Gasteiger partial charge in [-0.3, -0.25) is 0 Å². The van der Waals surface area contributed by atoms with E-state index in [9.17, 15) is 13.2 Å². The van der Waals surface area contributed by atoms with E-state index in [1.54, 1.807) is 19.2 Å². The standard InChI is InChI=1S/C12H17F3OSi/c1-4-17(5-2,16-3)11-8-6-10(7-9-11)12(13,14)15/h6-9H,4-5H2,1-3H3. The minimum absolute atomic E-state index is 0.604. The monoisotopic (exact) mass is 262 g/mol. The van der Waals surface area contributed by atoms with Crippen molar-refractivity contribution in [2.75, 3.05) is 7.11 Å². The highest BCUT2D eigenvalue weighted by molar-refractivity contribution is 6.86. The van der Waals surface area contributed by atoms with Crippen molar-refractivity contribution in [1.82, 2.24) is 0 Å². The van der Waals surface area contributed by atoms with Crippen molar-refractivity contribution in [1.29, 1.82) is 0 Å². The smallest absolute Gasteiger partial charge is 0.416 e. The van der Waals surface area contributed by atoms with E-state index in [2.05, 4.69) is 0 Å². The first-order valence-corrected chi connectivity index (χ1v) is 7.94. The van der Waals surface area contributed by atoms with Crippen molar-refractivity contribution in [3.8, 4) is 0 Å². The van der Waals surface area contributed by atoms with Crippen LogP contribution in [0.15, 0.2) is 24.3 Å². The van der Waals surface area contributed by atoms with Gasteiger partial charge in [0.25, 0.3) is 0 Å². The fourth-order valence-corrected chi connectivity index (χ4v) is 4.93. The molecule has 17 heavy (non-hydrogen) atoms. The van der Waals surface area contributed by atoms with Crippen LogP contribution >= 0.6 is 0 Å². The maximum atomic E-state index is 12.4. The Bertz CT molecular complexity index is 347. The zero-order valence-corrected chi connectivity index (χ0v) is 11.3. The van der Waals surface area contributed by atoms with Crippen LogP contribution in [0.5, 0.6) is 0 Å². The van der Waals surface area contributed by atoms with Gasteiger partial charge in [0.1, 0.15) is 0 Å². The van der Waals surface area contributed by atoms with Gasteiger partial charge in [0, 0.05) is 7.11 Å². The molecule has 0 radical (unpaired) electrons. The van der Waals surface area contributed by atoms with Crippen molar-refractivity contribution in [3.05, 3.63) is 29.8 Å². The van der Waals surface area contributed by atoms with Crippen molar-refractivity contribution in [2.45, 2.75) is 32.1 Å². The van der Waals surface area contributed by atoms with Gasteiger partial charge in [0.2, 0.25) is 8.32 Å². The summed E-state index contributed by atoms with van der Waals surface area (Å²) in [5.41, 5.74) is -0.604. The summed E-state index contributed by atoms with van der Waals surface area (Å²) >= 11 is 0. The maximum absolute atomic E-state index is 12.4. The average Bonchev–Trinajstić information content (AvgIpc) is 2.32. The van der Waals surface area contributed by atoms with Crippen LogP contribution in [-0.2, 0) is 10.6 Å². The third kappa shape index (κ3) is 2.90. The highest BCUT2D eigenvalue weighted by Crippen LogP contribution is 2.29. The number of alkyl halides is 3. The van der Waals surface area contributed by atoms with Crippen LogP contribution in [0.25, 0.3) is 0 Å². The van der Waals surface area contributed by atoms with Crippen LogP contribution < -0.4 is 5.19 Å². The molecule has 0 saturated heterocycles. The predicted octanol–water partition coefficient (Wildman–Crippen LogP) is 3.54. The first-order valence-electron chi connectivity index (χ1n) is 5.62. The summed E-state index contributed by atoms with van der Waals surface area (Å²) < 4.78 is 42.9. The van der Waals surface area contributed by atoms with Crippen LogP contribution in [0.3, 0.4) is 0 Å². The molecule has 0 N–H and O–H groups in total. The van der Waals surface area contributed by atoms with Crippen molar-refractivity contribution < 1.29 is 17.6 Å². The fourth-order valence-electron chi connectivity index (χ4n) is 2.03. The molecule has 0 aliphatic heterocycles. The van der Waals surface area contributed by atoms with Gasteiger partial charge < -0.3 is 4.43 Å². The second-order valence-electron chi connectivity index (χ2n) is 3.98. The van der Waals surface area contributed by atoms with E-state index < -0.39 is 20.1 Å². The van der Waals surface area contributed by atoms with Crippen molar-refractivity contribution in [2.24, 2.45) is 0 Å². The highest BCUT2D eigenvalue weighted by atomic mass is 28.4. The molecule has 1 rings (SSSR count). The lowest BCUT2D eigenvalue weighted by atomic mass is 10.2. The van der Waals surface area contributed by atoms with Gasteiger partial charge in [-0.15, -0.1) is 0 Å². The Hall–Kier alpha value is -0.813. The first kappa shape index (κ1) is 14.2. The van der Waals surface area contributed by atoms with Gasteiger partial charge in [-0.25, -0.2) is 0 Å².